The number of amides is 1. The topological polar surface area (TPSA) is 172 Å². The predicted molar refractivity (Wildman–Crippen MR) is 254 cm³/mol. The molecule has 2 aliphatic rings. The number of aromatic nitrogens is 4. The van der Waals surface area contributed by atoms with Crippen LogP contribution in [-0.2, 0) is 31.1 Å². The van der Waals surface area contributed by atoms with Gasteiger partial charge in [0.25, 0.3) is 0 Å². The van der Waals surface area contributed by atoms with Gasteiger partial charge in [-0.15, -0.1) is 5.10 Å². The first-order valence-corrected chi connectivity index (χ1v) is 22.7. The fraction of sp³-hybridized carbons (Fsp3) is 0.296. The zero-order chi connectivity index (χ0) is 47.2. The van der Waals surface area contributed by atoms with Crippen molar-refractivity contribution in [2.24, 2.45) is 11.1 Å². The first kappa shape index (κ1) is 46.0. The molecule has 13 nitrogen and oxygen atoms in total. The van der Waals surface area contributed by atoms with Crippen LogP contribution in [0.5, 0.6) is 0 Å². The molecule has 8 rings (SSSR count). The molecule has 6 aromatic rings. The van der Waals surface area contributed by atoms with Crippen LogP contribution in [0.3, 0.4) is 0 Å². The van der Waals surface area contributed by atoms with Gasteiger partial charge in [-0.1, -0.05) is 158 Å². The second-order valence-electron chi connectivity index (χ2n) is 18.1. The van der Waals surface area contributed by atoms with Gasteiger partial charge in [0.1, 0.15) is 28.8 Å². The van der Waals surface area contributed by atoms with Crippen molar-refractivity contribution in [3.63, 3.8) is 0 Å². The summed E-state index contributed by atoms with van der Waals surface area (Å²) in [4.78, 5) is 42.5. The van der Waals surface area contributed by atoms with Crippen LogP contribution < -0.4 is 5.73 Å². The second kappa shape index (κ2) is 19.5. The van der Waals surface area contributed by atoms with E-state index in [0.29, 0.717) is 24.2 Å². The number of rotatable bonds is 13. The van der Waals surface area contributed by atoms with E-state index in [4.69, 9.17) is 30.3 Å². The number of ether oxygens (including phenoxy) is 3. The summed E-state index contributed by atoms with van der Waals surface area (Å²) in [7, 11) is 0. The summed E-state index contributed by atoms with van der Waals surface area (Å²) in [5.74, 6) is -0.814. The van der Waals surface area contributed by atoms with Crippen LogP contribution in [0.25, 0.3) is 22.5 Å². The van der Waals surface area contributed by atoms with Crippen LogP contribution in [-0.4, -0.2) is 72.3 Å². The van der Waals surface area contributed by atoms with E-state index in [1.807, 2.05) is 108 Å². The van der Waals surface area contributed by atoms with Gasteiger partial charge in [0.2, 0.25) is 0 Å². The number of nitrogens with zero attached hydrogens (tertiary/aromatic N) is 5. The Kier molecular flexibility index (Phi) is 13.4. The third kappa shape index (κ3) is 9.31. The van der Waals surface area contributed by atoms with Gasteiger partial charge in [0.15, 0.2) is 5.82 Å². The number of carbonyl (C=O) groups excluding carboxylic acids is 2. The number of carbonyl (C=O) groups is 3. The van der Waals surface area contributed by atoms with E-state index in [2.05, 4.69) is 41.6 Å². The SMILES string of the molecule is CC(OC(=O)OC1CCCCC1)C1(C(=O)O)C=CC=C(N)C1N(Cc1ccc(-c2ccccc2-c2nnnn2C(c2ccccc2)(c2ccccc2)c2ccccc2)cc1)C(=O)OC(C)(C)C. The molecule has 1 saturated carbocycles. The van der Waals surface area contributed by atoms with Crippen molar-refractivity contribution in [1.29, 1.82) is 0 Å². The maximum Gasteiger partial charge on any atom is 0.508 e. The van der Waals surface area contributed by atoms with E-state index < -0.39 is 46.9 Å². The van der Waals surface area contributed by atoms with Crippen molar-refractivity contribution in [2.45, 2.75) is 95.7 Å². The quantitative estimate of drug-likeness (QED) is 0.0835. The number of allylic oxidation sites excluding steroid dienone is 2. The maximum atomic E-state index is 14.4. The highest BCUT2D eigenvalue weighted by molar-refractivity contribution is 5.83. The molecule has 5 aromatic carbocycles. The standard InChI is InChI=1S/C54H56N6O7/c1-37(65-51(64)66-43-26-15-8-16-27-43)53(49(61)62)35-19-30-46(55)47(53)59(50(63)67-52(2,3)4)36-38-31-33-39(34-32-38)44-28-17-18-29-45(44)48-56-57-58-60(48)54(40-20-9-5-10-21-40,41-22-11-6-12-23-41)42-24-13-7-14-25-42/h5-7,9-14,17-25,28-35,37,43,47H,8,15-16,26-27,36,55H2,1-4H3,(H,61,62). The zero-order valence-corrected chi connectivity index (χ0v) is 38.2. The van der Waals surface area contributed by atoms with Crippen LogP contribution in [0, 0.1) is 5.41 Å². The maximum absolute atomic E-state index is 14.4. The average molecular weight is 901 g/mol. The molecule has 3 N–H and O–H groups in total. The molecule has 0 radical (unpaired) electrons. The highest BCUT2D eigenvalue weighted by atomic mass is 16.7. The van der Waals surface area contributed by atoms with E-state index in [-0.39, 0.29) is 18.3 Å². The smallest absolute Gasteiger partial charge is 0.480 e. The van der Waals surface area contributed by atoms with E-state index in [9.17, 15) is 19.5 Å². The fourth-order valence-electron chi connectivity index (χ4n) is 9.51. The molecule has 1 aromatic heterocycles. The van der Waals surface area contributed by atoms with E-state index >= 15 is 0 Å². The Morgan fingerprint density at radius 1 is 0.791 bits per heavy atom. The van der Waals surface area contributed by atoms with E-state index in [0.717, 1.165) is 52.6 Å². The monoisotopic (exact) mass is 900 g/mol. The largest absolute Gasteiger partial charge is 0.508 e. The predicted octanol–water partition coefficient (Wildman–Crippen LogP) is 10.3. The van der Waals surface area contributed by atoms with Crippen molar-refractivity contribution in [2.75, 3.05) is 0 Å². The lowest BCUT2D eigenvalue weighted by molar-refractivity contribution is -0.157. The molecular formula is C54H56N6O7. The lowest BCUT2D eigenvalue weighted by Gasteiger charge is -2.45. The Labute approximate surface area is 390 Å². The van der Waals surface area contributed by atoms with Crippen molar-refractivity contribution < 1.29 is 33.7 Å². The normalized spacial score (nSPS) is 18.0. The van der Waals surface area contributed by atoms with Crippen LogP contribution in [0.2, 0.25) is 0 Å². The number of nitrogens with two attached hydrogens (primary N) is 1. The molecule has 0 aliphatic heterocycles. The minimum absolute atomic E-state index is 0.0766. The van der Waals surface area contributed by atoms with Crippen molar-refractivity contribution in [3.05, 3.63) is 186 Å². The van der Waals surface area contributed by atoms with Gasteiger partial charge in [-0.05, 0) is 103 Å². The summed E-state index contributed by atoms with van der Waals surface area (Å²) < 4.78 is 19.2. The molecule has 3 unspecified atom stereocenters. The fourth-order valence-corrected chi connectivity index (χ4v) is 9.51. The molecule has 2 aliphatic carbocycles. The Bertz CT molecular complexity index is 2630. The summed E-state index contributed by atoms with van der Waals surface area (Å²) >= 11 is 0. The molecule has 344 valence electrons. The Balaban J connectivity index is 1.16. The third-order valence-electron chi connectivity index (χ3n) is 12.6. The van der Waals surface area contributed by atoms with Gasteiger partial charge in [-0.25, -0.2) is 14.3 Å². The molecule has 3 atom stereocenters. The molecular weight excluding hydrogens is 845 g/mol. The Morgan fingerprint density at radius 2 is 1.34 bits per heavy atom. The van der Waals surface area contributed by atoms with Gasteiger partial charge >= 0.3 is 18.2 Å². The van der Waals surface area contributed by atoms with E-state index in [1.54, 1.807) is 26.8 Å². The number of benzene rings is 5. The summed E-state index contributed by atoms with van der Waals surface area (Å²) in [5.41, 5.74) is 8.84. The van der Waals surface area contributed by atoms with Crippen LogP contribution in [0.4, 0.5) is 9.59 Å². The highest BCUT2D eigenvalue weighted by Gasteiger charge is 2.56. The molecule has 1 fully saturated rings. The second-order valence-corrected chi connectivity index (χ2v) is 18.1. The van der Waals surface area contributed by atoms with Crippen molar-refractivity contribution >= 4 is 18.2 Å². The number of carboxylic acid groups (broad SMARTS) is 1. The number of hydrogen-bond acceptors (Lipinski definition) is 10. The summed E-state index contributed by atoms with van der Waals surface area (Å²) in [6, 6.07) is 44.8. The first-order chi connectivity index (χ1) is 32.3. The van der Waals surface area contributed by atoms with E-state index in [1.165, 1.54) is 24.0 Å². The first-order valence-electron chi connectivity index (χ1n) is 22.7. The summed E-state index contributed by atoms with van der Waals surface area (Å²) in [6.45, 7) is 6.56. The lowest BCUT2D eigenvalue weighted by Crippen LogP contribution is -2.61. The number of aliphatic carboxylic acids is 1. The van der Waals surface area contributed by atoms with Crippen molar-refractivity contribution in [1.82, 2.24) is 25.1 Å². The summed E-state index contributed by atoms with van der Waals surface area (Å²) in [6.07, 6.45) is 5.39. The average Bonchev–Trinajstić information content (AvgIpc) is 3.82. The minimum atomic E-state index is -2.02. The van der Waals surface area contributed by atoms with Gasteiger partial charge < -0.3 is 25.1 Å². The molecule has 1 amide bonds. The molecule has 1 heterocycles. The summed E-state index contributed by atoms with van der Waals surface area (Å²) in [5, 5.41) is 24.9. The number of tetrazole rings is 1. The molecule has 13 heteroatoms. The van der Waals surface area contributed by atoms with Crippen molar-refractivity contribution in [3.8, 4) is 22.5 Å². The lowest BCUT2D eigenvalue weighted by atomic mass is 9.71. The molecule has 67 heavy (non-hydrogen) atoms. The van der Waals surface area contributed by atoms with Gasteiger partial charge in [0.05, 0.1) is 6.04 Å². The van der Waals surface area contributed by atoms with Gasteiger partial charge in [-0.3, -0.25) is 9.69 Å². The van der Waals surface area contributed by atoms with Crippen LogP contribution in [0.15, 0.2) is 163 Å². The van der Waals surface area contributed by atoms with Gasteiger partial charge in [-0.2, -0.15) is 0 Å². The number of hydrogen-bond donors (Lipinski definition) is 2. The molecule has 0 saturated heterocycles. The molecule has 0 bridgehead atoms. The highest BCUT2D eigenvalue weighted by Crippen LogP contribution is 2.44. The van der Waals surface area contributed by atoms with Gasteiger partial charge in [0, 0.05) is 17.8 Å². The molecule has 0 spiro atoms. The third-order valence-corrected chi connectivity index (χ3v) is 12.6. The van der Waals surface area contributed by atoms with Crippen LogP contribution >= 0.6 is 0 Å². The minimum Gasteiger partial charge on any atom is -0.480 e. The number of carboxylic acids is 1. The Hall–Kier alpha value is -7.54. The Morgan fingerprint density at radius 3 is 1.90 bits per heavy atom. The van der Waals surface area contributed by atoms with Crippen LogP contribution in [0.1, 0.15) is 82.1 Å². The zero-order valence-electron chi connectivity index (χ0n) is 38.2.